The largest absolute Gasteiger partial charge is 0.383 e. The van der Waals surface area contributed by atoms with Gasteiger partial charge in [-0.1, -0.05) is 13.8 Å². The van der Waals surface area contributed by atoms with Crippen molar-refractivity contribution in [2.75, 3.05) is 5.73 Å². The zero-order chi connectivity index (χ0) is 12.6. The summed E-state index contributed by atoms with van der Waals surface area (Å²) < 4.78 is 27.1. The highest BCUT2D eigenvalue weighted by molar-refractivity contribution is 5.89. The van der Waals surface area contributed by atoms with Crippen LogP contribution in [0.4, 0.5) is 14.6 Å². The maximum absolute atomic E-state index is 12.8. The molecule has 17 heavy (non-hydrogen) atoms. The number of halogens is 2. The standard InChI is InChI=1S/C10H15F2N5/c1-5(2)3-4-17-10-6(9(13)14-15-10)7(16-17)8(11)12/h5,8H,3-4H2,1-2H3,(H3,13,14,15). The van der Waals surface area contributed by atoms with Gasteiger partial charge in [-0.3, -0.25) is 5.10 Å². The van der Waals surface area contributed by atoms with Crippen LogP contribution in [0.2, 0.25) is 0 Å². The molecule has 0 aliphatic heterocycles. The molecule has 0 aromatic carbocycles. The van der Waals surface area contributed by atoms with E-state index in [1.54, 1.807) is 0 Å². The van der Waals surface area contributed by atoms with Crippen LogP contribution in [0.3, 0.4) is 0 Å². The topological polar surface area (TPSA) is 72.5 Å². The fourth-order valence-corrected chi connectivity index (χ4v) is 1.70. The molecule has 2 heterocycles. The number of H-pyrrole nitrogens is 1. The Labute approximate surface area is 97.0 Å². The average molecular weight is 243 g/mol. The molecule has 2 aromatic heterocycles. The van der Waals surface area contributed by atoms with Gasteiger partial charge in [-0.25, -0.2) is 13.5 Å². The summed E-state index contributed by atoms with van der Waals surface area (Å²) in [5.74, 6) is 0.617. The fraction of sp³-hybridized carbons (Fsp3) is 0.600. The lowest BCUT2D eigenvalue weighted by molar-refractivity contribution is 0.146. The van der Waals surface area contributed by atoms with E-state index in [-0.39, 0.29) is 16.9 Å². The van der Waals surface area contributed by atoms with E-state index in [0.717, 1.165) is 6.42 Å². The van der Waals surface area contributed by atoms with Gasteiger partial charge in [-0.05, 0) is 12.3 Å². The Balaban J connectivity index is 2.43. The van der Waals surface area contributed by atoms with Crippen LogP contribution in [-0.4, -0.2) is 20.0 Å². The van der Waals surface area contributed by atoms with Crippen molar-refractivity contribution in [3.05, 3.63) is 5.69 Å². The molecule has 7 heteroatoms. The third-order valence-electron chi connectivity index (χ3n) is 2.63. The molecule has 2 aromatic rings. The van der Waals surface area contributed by atoms with E-state index in [9.17, 15) is 8.78 Å². The molecule has 0 bridgehead atoms. The molecular weight excluding hydrogens is 228 g/mol. The minimum Gasteiger partial charge on any atom is -0.383 e. The molecular formula is C10H15F2N5. The summed E-state index contributed by atoms with van der Waals surface area (Å²) in [5.41, 5.74) is 5.68. The summed E-state index contributed by atoms with van der Waals surface area (Å²) in [5, 5.41) is 10.6. The van der Waals surface area contributed by atoms with Crippen molar-refractivity contribution in [1.29, 1.82) is 0 Å². The number of anilines is 1. The molecule has 0 unspecified atom stereocenters. The van der Waals surface area contributed by atoms with E-state index in [4.69, 9.17) is 5.73 Å². The van der Waals surface area contributed by atoms with E-state index in [1.165, 1.54) is 4.68 Å². The minimum absolute atomic E-state index is 0.145. The number of aromatic nitrogens is 4. The number of hydrogen-bond acceptors (Lipinski definition) is 3. The lowest BCUT2D eigenvalue weighted by atomic mass is 10.1. The SMILES string of the molecule is CC(C)CCn1nc(C(F)F)c2c(N)[nH]nc21. The molecule has 0 saturated heterocycles. The molecule has 2 rings (SSSR count). The zero-order valence-corrected chi connectivity index (χ0v) is 9.74. The molecule has 3 N–H and O–H groups in total. The first-order valence-corrected chi connectivity index (χ1v) is 5.49. The van der Waals surface area contributed by atoms with Crippen molar-refractivity contribution in [2.45, 2.75) is 33.2 Å². The van der Waals surface area contributed by atoms with Gasteiger partial charge in [-0.2, -0.15) is 10.2 Å². The molecule has 0 fully saturated rings. The van der Waals surface area contributed by atoms with Gasteiger partial charge in [0.05, 0.1) is 5.39 Å². The zero-order valence-electron chi connectivity index (χ0n) is 9.74. The van der Waals surface area contributed by atoms with Crippen molar-refractivity contribution in [2.24, 2.45) is 5.92 Å². The lowest BCUT2D eigenvalue weighted by Crippen LogP contribution is -2.04. The van der Waals surface area contributed by atoms with Gasteiger partial charge in [0.1, 0.15) is 11.5 Å². The second kappa shape index (κ2) is 4.31. The third kappa shape index (κ3) is 2.09. The number of nitrogens with two attached hydrogens (primary N) is 1. The van der Waals surface area contributed by atoms with Gasteiger partial charge < -0.3 is 5.73 Å². The number of hydrogen-bond donors (Lipinski definition) is 2. The monoisotopic (exact) mass is 243 g/mol. The van der Waals surface area contributed by atoms with E-state index < -0.39 is 6.43 Å². The van der Waals surface area contributed by atoms with E-state index >= 15 is 0 Å². The Morgan fingerprint density at radius 1 is 1.41 bits per heavy atom. The van der Waals surface area contributed by atoms with Crippen molar-refractivity contribution >= 4 is 16.9 Å². The predicted octanol–water partition coefficient (Wildman–Crippen LogP) is 2.33. The van der Waals surface area contributed by atoms with Crippen LogP contribution >= 0.6 is 0 Å². The number of aromatic amines is 1. The van der Waals surface area contributed by atoms with Crippen LogP contribution in [0.15, 0.2) is 0 Å². The lowest BCUT2D eigenvalue weighted by Gasteiger charge is -2.04. The van der Waals surface area contributed by atoms with Crippen LogP contribution in [0.1, 0.15) is 32.4 Å². The number of nitrogens with zero attached hydrogens (tertiary/aromatic N) is 3. The van der Waals surface area contributed by atoms with Gasteiger partial charge in [-0.15, -0.1) is 0 Å². The quantitative estimate of drug-likeness (QED) is 0.865. The molecule has 0 aliphatic carbocycles. The Kier molecular flexibility index (Phi) is 2.99. The predicted molar refractivity (Wildman–Crippen MR) is 60.7 cm³/mol. The second-order valence-electron chi connectivity index (χ2n) is 4.43. The highest BCUT2D eigenvalue weighted by Gasteiger charge is 2.22. The van der Waals surface area contributed by atoms with Crippen molar-refractivity contribution in [1.82, 2.24) is 20.0 Å². The first kappa shape index (κ1) is 11.8. The summed E-state index contributed by atoms with van der Waals surface area (Å²) >= 11 is 0. The minimum atomic E-state index is -2.64. The summed E-state index contributed by atoms with van der Waals surface area (Å²) in [7, 11) is 0. The van der Waals surface area contributed by atoms with E-state index in [2.05, 4.69) is 29.1 Å². The molecule has 0 radical (unpaired) electrons. The summed E-state index contributed by atoms with van der Waals surface area (Å²) in [6, 6.07) is 0. The number of nitrogen functional groups attached to an aromatic ring is 1. The van der Waals surface area contributed by atoms with Crippen LogP contribution in [0.25, 0.3) is 11.0 Å². The Bertz CT molecular complexity index is 514. The number of rotatable bonds is 4. The number of nitrogens with one attached hydrogen (secondary N) is 1. The molecule has 0 atom stereocenters. The van der Waals surface area contributed by atoms with Crippen LogP contribution in [0, 0.1) is 5.92 Å². The van der Waals surface area contributed by atoms with Gasteiger partial charge in [0.2, 0.25) is 0 Å². The number of fused-ring (bicyclic) bond motifs is 1. The van der Waals surface area contributed by atoms with Gasteiger partial charge in [0.25, 0.3) is 6.43 Å². The highest BCUT2D eigenvalue weighted by atomic mass is 19.3. The van der Waals surface area contributed by atoms with Gasteiger partial charge in [0, 0.05) is 6.54 Å². The first-order chi connectivity index (χ1) is 8.00. The molecule has 0 amide bonds. The van der Waals surface area contributed by atoms with Gasteiger partial charge in [0.15, 0.2) is 5.65 Å². The summed E-state index contributed by atoms with van der Waals surface area (Å²) in [6.45, 7) is 4.69. The second-order valence-corrected chi connectivity index (χ2v) is 4.43. The van der Waals surface area contributed by atoms with Crippen LogP contribution < -0.4 is 5.73 Å². The molecule has 0 saturated carbocycles. The number of aryl methyl sites for hydroxylation is 1. The Morgan fingerprint density at radius 2 is 2.12 bits per heavy atom. The van der Waals surface area contributed by atoms with E-state index in [0.29, 0.717) is 18.1 Å². The van der Waals surface area contributed by atoms with Crippen LogP contribution in [0.5, 0.6) is 0 Å². The fourth-order valence-electron chi connectivity index (χ4n) is 1.70. The number of alkyl halides is 2. The van der Waals surface area contributed by atoms with Crippen molar-refractivity contribution in [3.8, 4) is 0 Å². The van der Waals surface area contributed by atoms with Crippen LogP contribution in [-0.2, 0) is 6.54 Å². The maximum atomic E-state index is 12.8. The maximum Gasteiger partial charge on any atom is 0.282 e. The normalized spacial score (nSPS) is 12.1. The first-order valence-electron chi connectivity index (χ1n) is 5.49. The van der Waals surface area contributed by atoms with Crippen molar-refractivity contribution in [3.63, 3.8) is 0 Å². The third-order valence-corrected chi connectivity index (χ3v) is 2.63. The Morgan fingerprint density at radius 3 is 2.71 bits per heavy atom. The molecule has 0 spiro atoms. The molecule has 0 aliphatic rings. The smallest absolute Gasteiger partial charge is 0.282 e. The summed E-state index contributed by atoms with van der Waals surface area (Å²) in [4.78, 5) is 0. The highest BCUT2D eigenvalue weighted by Crippen LogP contribution is 2.29. The molecule has 94 valence electrons. The Hall–Kier alpha value is -1.66. The van der Waals surface area contributed by atoms with Gasteiger partial charge >= 0.3 is 0 Å². The molecule has 5 nitrogen and oxygen atoms in total. The summed E-state index contributed by atoms with van der Waals surface area (Å²) in [6.07, 6.45) is -1.79. The van der Waals surface area contributed by atoms with Crippen molar-refractivity contribution < 1.29 is 8.78 Å². The van der Waals surface area contributed by atoms with E-state index in [1.807, 2.05) is 0 Å². The average Bonchev–Trinajstić information content (AvgIpc) is 2.77.